The van der Waals surface area contributed by atoms with Crippen LogP contribution in [0.2, 0.25) is 18.1 Å². The van der Waals surface area contributed by atoms with Crippen molar-refractivity contribution in [3.8, 4) is 5.75 Å². The van der Waals surface area contributed by atoms with Gasteiger partial charge in [-0.3, -0.25) is 0 Å². The number of aromatic hydroxyl groups is 1. The van der Waals surface area contributed by atoms with E-state index in [0.29, 0.717) is 5.75 Å². The number of phenols is 1. The number of benzene rings is 1. The zero-order valence-electron chi connectivity index (χ0n) is 11.2. The second-order valence-electron chi connectivity index (χ2n) is 4.51. The fraction of sp³-hybridized carbons (Fsp3) is 0.571. The largest absolute Gasteiger partial charge is 0.508 e. The summed E-state index contributed by atoms with van der Waals surface area (Å²) in [6.07, 6.45) is 0.940. The van der Waals surface area contributed by atoms with E-state index in [1.165, 1.54) is 23.7 Å². The van der Waals surface area contributed by atoms with Crippen LogP contribution in [0, 0.1) is 0 Å². The van der Waals surface area contributed by atoms with Gasteiger partial charge in [0.1, 0.15) is 5.75 Å². The summed E-state index contributed by atoms with van der Waals surface area (Å²) >= 11 is 0. The average molecular weight is 252 g/mol. The van der Waals surface area contributed by atoms with Crippen molar-refractivity contribution >= 4 is 8.32 Å². The van der Waals surface area contributed by atoms with Crippen LogP contribution in [0.4, 0.5) is 0 Å². The molecule has 0 aliphatic rings. The first-order valence-corrected chi connectivity index (χ1v) is 9.10. The third kappa shape index (κ3) is 4.17. The second kappa shape index (κ2) is 6.82. The number of hydrogen-bond acceptors (Lipinski definition) is 2. The Kier molecular flexibility index (Phi) is 5.72. The zero-order chi connectivity index (χ0) is 12.7. The molecule has 17 heavy (non-hydrogen) atoms. The van der Waals surface area contributed by atoms with Crippen molar-refractivity contribution in [3.63, 3.8) is 0 Å². The monoisotopic (exact) mass is 252 g/mol. The van der Waals surface area contributed by atoms with Gasteiger partial charge in [0.25, 0.3) is 0 Å². The highest BCUT2D eigenvalue weighted by atomic mass is 28.4. The third-order valence-corrected chi connectivity index (χ3v) is 8.35. The van der Waals surface area contributed by atoms with E-state index < -0.39 is 8.32 Å². The number of phenolic OH excluding ortho intramolecular Hbond substituents is 1. The Balaban J connectivity index is 2.43. The van der Waals surface area contributed by atoms with E-state index in [1.807, 2.05) is 12.1 Å². The molecule has 1 aromatic rings. The number of hydrogen-bond donors (Lipinski definition) is 1. The lowest BCUT2D eigenvalue weighted by molar-refractivity contribution is 0.303. The first-order valence-electron chi connectivity index (χ1n) is 6.57. The molecule has 3 heteroatoms. The topological polar surface area (TPSA) is 29.5 Å². The second-order valence-corrected chi connectivity index (χ2v) is 9.28. The van der Waals surface area contributed by atoms with Gasteiger partial charge in [-0.15, -0.1) is 0 Å². The highest BCUT2D eigenvalue weighted by molar-refractivity contribution is 6.73. The predicted molar refractivity (Wildman–Crippen MR) is 75.0 cm³/mol. The Morgan fingerprint density at radius 2 is 1.53 bits per heavy atom. The van der Waals surface area contributed by atoms with E-state index in [2.05, 4.69) is 20.8 Å². The van der Waals surface area contributed by atoms with Crippen molar-refractivity contribution in [2.45, 2.75) is 45.3 Å². The Morgan fingerprint density at radius 3 is 2.00 bits per heavy atom. The van der Waals surface area contributed by atoms with Crippen LogP contribution in [0.25, 0.3) is 0 Å². The summed E-state index contributed by atoms with van der Waals surface area (Å²) in [4.78, 5) is 0. The van der Waals surface area contributed by atoms with E-state index in [9.17, 15) is 5.11 Å². The van der Waals surface area contributed by atoms with Crippen molar-refractivity contribution in [2.24, 2.45) is 0 Å². The van der Waals surface area contributed by atoms with Gasteiger partial charge >= 0.3 is 0 Å². The Hall–Kier alpha value is -0.803. The minimum Gasteiger partial charge on any atom is -0.508 e. The third-order valence-electron chi connectivity index (χ3n) is 3.67. The van der Waals surface area contributed by atoms with Gasteiger partial charge in [0.15, 0.2) is 8.32 Å². The molecule has 96 valence electrons. The molecule has 0 bridgehead atoms. The maximum absolute atomic E-state index is 9.20. The maximum atomic E-state index is 9.20. The SMILES string of the molecule is CC[Si](CC)(CC)OCCc1ccc(O)cc1. The van der Waals surface area contributed by atoms with Crippen LogP contribution in [-0.4, -0.2) is 20.0 Å². The van der Waals surface area contributed by atoms with Gasteiger partial charge in [-0.25, -0.2) is 0 Å². The molecule has 0 spiro atoms. The molecule has 0 atom stereocenters. The fourth-order valence-corrected chi connectivity index (χ4v) is 4.75. The van der Waals surface area contributed by atoms with Crippen LogP contribution in [-0.2, 0) is 10.8 Å². The van der Waals surface area contributed by atoms with Gasteiger partial charge in [0, 0.05) is 6.61 Å². The quantitative estimate of drug-likeness (QED) is 0.744. The minimum absolute atomic E-state index is 0.328. The molecule has 0 saturated heterocycles. The first kappa shape index (κ1) is 14.3. The van der Waals surface area contributed by atoms with E-state index in [4.69, 9.17) is 4.43 Å². The molecule has 0 fully saturated rings. The summed E-state index contributed by atoms with van der Waals surface area (Å²) in [5.74, 6) is 0.328. The smallest absolute Gasteiger partial charge is 0.191 e. The Bertz CT molecular complexity index is 309. The molecule has 0 aliphatic carbocycles. The lowest BCUT2D eigenvalue weighted by Gasteiger charge is -2.27. The van der Waals surface area contributed by atoms with E-state index in [-0.39, 0.29) is 0 Å². The summed E-state index contributed by atoms with van der Waals surface area (Å²) in [6.45, 7) is 7.56. The van der Waals surface area contributed by atoms with E-state index in [0.717, 1.165) is 13.0 Å². The van der Waals surface area contributed by atoms with Crippen molar-refractivity contribution in [2.75, 3.05) is 6.61 Å². The van der Waals surface area contributed by atoms with Gasteiger partial charge in [-0.05, 0) is 42.2 Å². The van der Waals surface area contributed by atoms with E-state index >= 15 is 0 Å². The molecule has 0 heterocycles. The normalized spacial score (nSPS) is 11.7. The summed E-state index contributed by atoms with van der Waals surface area (Å²) in [5, 5.41) is 9.20. The molecular weight excluding hydrogens is 228 g/mol. The van der Waals surface area contributed by atoms with Crippen molar-refractivity contribution in [1.82, 2.24) is 0 Å². The van der Waals surface area contributed by atoms with Crippen LogP contribution in [0.5, 0.6) is 5.75 Å². The fourth-order valence-electron chi connectivity index (χ4n) is 2.10. The average Bonchev–Trinajstić information content (AvgIpc) is 2.38. The molecule has 0 aliphatic heterocycles. The predicted octanol–water partition coefficient (Wildman–Crippen LogP) is 3.96. The zero-order valence-corrected chi connectivity index (χ0v) is 12.2. The van der Waals surface area contributed by atoms with Crippen molar-refractivity contribution in [3.05, 3.63) is 29.8 Å². The van der Waals surface area contributed by atoms with Crippen LogP contribution >= 0.6 is 0 Å². The van der Waals surface area contributed by atoms with Gasteiger partial charge in [0.2, 0.25) is 0 Å². The van der Waals surface area contributed by atoms with Gasteiger partial charge in [-0.2, -0.15) is 0 Å². The van der Waals surface area contributed by atoms with Crippen molar-refractivity contribution in [1.29, 1.82) is 0 Å². The molecule has 1 aromatic carbocycles. The molecule has 0 unspecified atom stereocenters. The summed E-state index contributed by atoms with van der Waals surface area (Å²) < 4.78 is 6.19. The Morgan fingerprint density at radius 1 is 1.00 bits per heavy atom. The highest BCUT2D eigenvalue weighted by Gasteiger charge is 2.28. The molecule has 1 N–H and O–H groups in total. The van der Waals surface area contributed by atoms with Crippen LogP contribution < -0.4 is 0 Å². The molecular formula is C14H24O2Si. The molecule has 0 radical (unpaired) electrons. The molecule has 0 amide bonds. The van der Waals surface area contributed by atoms with E-state index in [1.54, 1.807) is 12.1 Å². The molecule has 1 rings (SSSR count). The van der Waals surface area contributed by atoms with Gasteiger partial charge < -0.3 is 9.53 Å². The summed E-state index contributed by atoms with van der Waals surface area (Å²) in [5.41, 5.74) is 1.23. The number of rotatable bonds is 7. The molecule has 0 aromatic heterocycles. The standard InChI is InChI=1S/C14H24O2Si/c1-4-17(5-2,6-3)16-12-11-13-7-9-14(15)10-8-13/h7-10,15H,4-6,11-12H2,1-3H3. The molecule has 2 nitrogen and oxygen atoms in total. The highest BCUT2D eigenvalue weighted by Crippen LogP contribution is 2.22. The Labute approximate surface area is 106 Å². The van der Waals surface area contributed by atoms with Gasteiger partial charge in [-0.1, -0.05) is 32.9 Å². The van der Waals surface area contributed by atoms with Crippen molar-refractivity contribution < 1.29 is 9.53 Å². The maximum Gasteiger partial charge on any atom is 0.191 e. The summed E-state index contributed by atoms with van der Waals surface area (Å²) in [7, 11) is -1.43. The molecule has 0 saturated carbocycles. The lowest BCUT2D eigenvalue weighted by atomic mass is 10.2. The van der Waals surface area contributed by atoms with Crippen LogP contribution in [0.3, 0.4) is 0 Å². The summed E-state index contributed by atoms with van der Waals surface area (Å²) in [6, 6.07) is 11.0. The minimum atomic E-state index is -1.43. The van der Waals surface area contributed by atoms with Crippen LogP contribution in [0.15, 0.2) is 24.3 Å². The first-order chi connectivity index (χ1) is 8.15. The van der Waals surface area contributed by atoms with Crippen LogP contribution in [0.1, 0.15) is 26.3 Å². The van der Waals surface area contributed by atoms with Gasteiger partial charge in [0.05, 0.1) is 0 Å². The lowest BCUT2D eigenvalue weighted by Crippen LogP contribution is -2.36.